The second-order valence-corrected chi connectivity index (χ2v) is 2.43. The molecule has 1 aromatic carbocycles. The topological polar surface area (TPSA) is 37.3 Å². The molecule has 1 aromatic rings. The summed E-state index contributed by atoms with van der Waals surface area (Å²) in [5.41, 5.74) is 0.934. The second-order valence-electron chi connectivity index (χ2n) is 2.09. The number of hydrogen-bond acceptors (Lipinski definition) is 2. The number of hydrogen-bond donors (Lipinski definition) is 1. The van der Waals surface area contributed by atoms with Crippen molar-refractivity contribution in [2.24, 2.45) is 0 Å². The van der Waals surface area contributed by atoms with Crippen molar-refractivity contribution in [3.8, 4) is 0 Å². The summed E-state index contributed by atoms with van der Waals surface area (Å²) in [5.74, 6) is 0. The van der Waals surface area contributed by atoms with Crippen LogP contribution >= 0.6 is 11.6 Å². The SMILES string of the molecule is O=C(Cl)c1ccccc1CO. The second kappa shape index (κ2) is 3.51. The maximum Gasteiger partial charge on any atom is 0.252 e. The van der Waals surface area contributed by atoms with E-state index in [9.17, 15) is 4.79 Å². The molecule has 11 heavy (non-hydrogen) atoms. The van der Waals surface area contributed by atoms with Gasteiger partial charge in [0.05, 0.1) is 6.61 Å². The molecule has 0 unspecified atom stereocenters. The van der Waals surface area contributed by atoms with Gasteiger partial charge in [-0.15, -0.1) is 0 Å². The standard InChI is InChI=1S/C8H7ClO2/c9-8(11)7-4-2-1-3-6(7)5-10/h1-4,10H,5H2. The molecule has 0 saturated carbocycles. The lowest BCUT2D eigenvalue weighted by Gasteiger charge is -1.99. The highest BCUT2D eigenvalue weighted by atomic mass is 35.5. The molecule has 0 amide bonds. The third kappa shape index (κ3) is 1.79. The minimum atomic E-state index is -0.533. The van der Waals surface area contributed by atoms with Gasteiger partial charge in [0.15, 0.2) is 0 Å². The van der Waals surface area contributed by atoms with Crippen LogP contribution in [0, 0.1) is 0 Å². The zero-order valence-corrected chi connectivity index (χ0v) is 6.51. The molecule has 0 aromatic heterocycles. The highest BCUT2D eigenvalue weighted by molar-refractivity contribution is 6.67. The van der Waals surface area contributed by atoms with E-state index in [4.69, 9.17) is 16.7 Å². The Morgan fingerprint density at radius 2 is 2.09 bits per heavy atom. The summed E-state index contributed by atoms with van der Waals surface area (Å²) in [6.07, 6.45) is 0. The summed E-state index contributed by atoms with van der Waals surface area (Å²) < 4.78 is 0. The van der Waals surface area contributed by atoms with Gasteiger partial charge in [-0.3, -0.25) is 4.79 Å². The molecule has 0 aliphatic heterocycles. The summed E-state index contributed by atoms with van der Waals surface area (Å²) in [6, 6.07) is 6.69. The van der Waals surface area contributed by atoms with Crippen LogP contribution in [0.15, 0.2) is 24.3 Å². The van der Waals surface area contributed by atoms with E-state index in [0.29, 0.717) is 11.1 Å². The molecule has 0 saturated heterocycles. The lowest BCUT2D eigenvalue weighted by Crippen LogP contribution is -1.96. The third-order valence-electron chi connectivity index (χ3n) is 1.40. The van der Waals surface area contributed by atoms with Crippen molar-refractivity contribution in [2.75, 3.05) is 0 Å². The Bertz CT molecular complexity index is 271. The van der Waals surface area contributed by atoms with Crippen LogP contribution in [0.5, 0.6) is 0 Å². The van der Waals surface area contributed by atoms with E-state index in [0.717, 1.165) is 0 Å². The number of carbonyl (C=O) groups excluding carboxylic acids is 1. The fourth-order valence-electron chi connectivity index (χ4n) is 0.850. The number of aliphatic hydroxyl groups excluding tert-OH is 1. The molecule has 1 N–H and O–H groups in total. The van der Waals surface area contributed by atoms with Crippen molar-refractivity contribution in [3.05, 3.63) is 35.4 Å². The lowest BCUT2D eigenvalue weighted by molar-refractivity contribution is 0.107. The van der Waals surface area contributed by atoms with Crippen molar-refractivity contribution >= 4 is 16.8 Å². The summed E-state index contributed by atoms with van der Waals surface area (Å²) in [7, 11) is 0. The van der Waals surface area contributed by atoms with Crippen LogP contribution in [0.2, 0.25) is 0 Å². The van der Waals surface area contributed by atoms with E-state index in [-0.39, 0.29) is 6.61 Å². The molecule has 2 nitrogen and oxygen atoms in total. The number of carbonyl (C=O) groups is 1. The van der Waals surface area contributed by atoms with Crippen LogP contribution in [0.1, 0.15) is 15.9 Å². The van der Waals surface area contributed by atoms with E-state index >= 15 is 0 Å². The highest BCUT2D eigenvalue weighted by Crippen LogP contribution is 2.10. The van der Waals surface area contributed by atoms with E-state index in [2.05, 4.69) is 0 Å². The van der Waals surface area contributed by atoms with Gasteiger partial charge < -0.3 is 5.11 Å². The number of aliphatic hydroxyl groups is 1. The predicted molar refractivity (Wildman–Crippen MR) is 42.5 cm³/mol. The minimum absolute atomic E-state index is 0.158. The largest absolute Gasteiger partial charge is 0.392 e. The van der Waals surface area contributed by atoms with Gasteiger partial charge in [0.2, 0.25) is 0 Å². The average molecular weight is 171 g/mol. The monoisotopic (exact) mass is 170 g/mol. The molecule has 0 heterocycles. The first kappa shape index (κ1) is 8.24. The Morgan fingerprint density at radius 3 is 2.55 bits per heavy atom. The minimum Gasteiger partial charge on any atom is -0.392 e. The normalized spacial score (nSPS) is 9.64. The molecule has 58 valence electrons. The first-order valence-electron chi connectivity index (χ1n) is 3.14. The van der Waals surface area contributed by atoms with E-state index in [1.165, 1.54) is 0 Å². The van der Waals surface area contributed by atoms with Crippen LogP contribution < -0.4 is 0 Å². The summed E-state index contributed by atoms with van der Waals surface area (Å²) in [4.78, 5) is 10.7. The van der Waals surface area contributed by atoms with Crippen LogP contribution in [-0.2, 0) is 6.61 Å². The maximum absolute atomic E-state index is 10.7. The predicted octanol–water partition coefficient (Wildman–Crippen LogP) is 1.56. The van der Waals surface area contributed by atoms with E-state index < -0.39 is 5.24 Å². The Labute approximate surface area is 69.4 Å². The molecule has 0 aliphatic rings. The van der Waals surface area contributed by atoms with Crippen LogP contribution in [0.4, 0.5) is 0 Å². The fraction of sp³-hybridized carbons (Fsp3) is 0.125. The van der Waals surface area contributed by atoms with Gasteiger partial charge >= 0.3 is 0 Å². The Balaban J connectivity index is 3.12. The molecule has 0 spiro atoms. The molecule has 0 atom stereocenters. The average Bonchev–Trinajstić information content (AvgIpc) is 2.04. The zero-order chi connectivity index (χ0) is 8.27. The molecule has 0 radical (unpaired) electrons. The van der Waals surface area contributed by atoms with Crippen LogP contribution in [0.3, 0.4) is 0 Å². The molecule has 3 heteroatoms. The van der Waals surface area contributed by atoms with E-state index in [1.54, 1.807) is 24.3 Å². The van der Waals surface area contributed by atoms with Crippen molar-refractivity contribution in [1.29, 1.82) is 0 Å². The molecular weight excluding hydrogens is 164 g/mol. The third-order valence-corrected chi connectivity index (χ3v) is 1.60. The molecule has 0 bridgehead atoms. The van der Waals surface area contributed by atoms with Gasteiger partial charge in [0, 0.05) is 5.56 Å². The van der Waals surface area contributed by atoms with Crippen molar-refractivity contribution in [1.82, 2.24) is 0 Å². The summed E-state index contributed by atoms with van der Waals surface area (Å²) >= 11 is 5.24. The van der Waals surface area contributed by atoms with Gasteiger partial charge in [0.25, 0.3) is 5.24 Å². The van der Waals surface area contributed by atoms with Gasteiger partial charge in [-0.05, 0) is 23.2 Å². The molecule has 0 aliphatic carbocycles. The number of halogens is 1. The highest BCUT2D eigenvalue weighted by Gasteiger charge is 2.05. The van der Waals surface area contributed by atoms with E-state index in [1.807, 2.05) is 0 Å². The smallest absolute Gasteiger partial charge is 0.252 e. The Morgan fingerprint density at radius 1 is 1.45 bits per heavy atom. The zero-order valence-electron chi connectivity index (χ0n) is 5.75. The number of benzene rings is 1. The quantitative estimate of drug-likeness (QED) is 0.684. The number of rotatable bonds is 2. The first-order chi connectivity index (χ1) is 5.25. The van der Waals surface area contributed by atoms with Crippen LogP contribution in [-0.4, -0.2) is 10.3 Å². The summed E-state index contributed by atoms with van der Waals surface area (Å²) in [5, 5.41) is 8.22. The van der Waals surface area contributed by atoms with Gasteiger partial charge in [-0.25, -0.2) is 0 Å². The lowest BCUT2D eigenvalue weighted by atomic mass is 10.1. The van der Waals surface area contributed by atoms with Gasteiger partial charge in [-0.1, -0.05) is 18.2 Å². The van der Waals surface area contributed by atoms with Crippen LogP contribution in [0.25, 0.3) is 0 Å². The molecule has 0 fully saturated rings. The van der Waals surface area contributed by atoms with Crippen molar-refractivity contribution in [3.63, 3.8) is 0 Å². The molecular formula is C8H7ClO2. The fourth-order valence-corrected chi connectivity index (χ4v) is 1.03. The van der Waals surface area contributed by atoms with Crippen molar-refractivity contribution < 1.29 is 9.90 Å². The molecule has 1 rings (SSSR count). The Hall–Kier alpha value is -0.860. The van der Waals surface area contributed by atoms with Gasteiger partial charge in [-0.2, -0.15) is 0 Å². The first-order valence-corrected chi connectivity index (χ1v) is 3.52. The Kier molecular flexibility index (Phi) is 2.63. The van der Waals surface area contributed by atoms with Gasteiger partial charge in [0.1, 0.15) is 0 Å². The maximum atomic E-state index is 10.7. The van der Waals surface area contributed by atoms with Crippen molar-refractivity contribution in [2.45, 2.75) is 6.61 Å². The summed E-state index contributed by atoms with van der Waals surface area (Å²) in [6.45, 7) is -0.158.